The Labute approximate surface area is 123 Å². The first kappa shape index (κ1) is 15.1. The molecule has 0 saturated carbocycles. The zero-order chi connectivity index (χ0) is 14.7. The number of hydrogen-bond donors (Lipinski definition) is 1. The molecular formula is C15H12BrF3O. The maximum Gasteiger partial charge on any atom is 0.126 e. The van der Waals surface area contributed by atoms with Crippen molar-refractivity contribution >= 4 is 15.9 Å². The molecule has 2 aromatic rings. The third-order valence-corrected chi connectivity index (χ3v) is 3.63. The summed E-state index contributed by atoms with van der Waals surface area (Å²) in [5.41, 5.74) is 0.969. The van der Waals surface area contributed by atoms with Crippen molar-refractivity contribution < 1.29 is 18.3 Å². The van der Waals surface area contributed by atoms with Gasteiger partial charge in [0, 0.05) is 10.5 Å². The van der Waals surface area contributed by atoms with E-state index in [0.29, 0.717) is 15.6 Å². The topological polar surface area (TPSA) is 20.2 Å². The molecule has 0 radical (unpaired) electrons. The Morgan fingerprint density at radius 2 is 1.55 bits per heavy atom. The fourth-order valence-electron chi connectivity index (χ4n) is 2.03. The first-order valence-electron chi connectivity index (χ1n) is 6.01. The summed E-state index contributed by atoms with van der Waals surface area (Å²) >= 11 is 3.27. The summed E-state index contributed by atoms with van der Waals surface area (Å²) in [5, 5.41) is 9.96. The lowest BCUT2D eigenvalue weighted by atomic mass is 10.0. The average Bonchev–Trinajstić information content (AvgIpc) is 2.32. The van der Waals surface area contributed by atoms with Gasteiger partial charge in [0.15, 0.2) is 0 Å². The van der Waals surface area contributed by atoms with Crippen LogP contribution in [0, 0.1) is 17.5 Å². The standard InChI is InChI=1S/C15H12BrF3O/c16-15-2-1-11(17)6-10(15)7-14(20)5-9-3-12(18)8-13(19)4-9/h1-4,6,8,14,20H,5,7H2. The Balaban J connectivity index is 2.08. The summed E-state index contributed by atoms with van der Waals surface area (Å²) in [5.74, 6) is -1.76. The van der Waals surface area contributed by atoms with Crippen LogP contribution in [0.1, 0.15) is 11.1 Å². The maximum atomic E-state index is 13.1. The number of halogens is 4. The van der Waals surface area contributed by atoms with Gasteiger partial charge in [-0.05, 0) is 54.3 Å². The van der Waals surface area contributed by atoms with Crippen molar-refractivity contribution in [3.05, 3.63) is 69.4 Å². The number of rotatable bonds is 4. The van der Waals surface area contributed by atoms with Crippen LogP contribution in [0.5, 0.6) is 0 Å². The van der Waals surface area contributed by atoms with Gasteiger partial charge < -0.3 is 5.11 Å². The van der Waals surface area contributed by atoms with Crippen molar-refractivity contribution in [2.24, 2.45) is 0 Å². The molecule has 5 heteroatoms. The lowest BCUT2D eigenvalue weighted by molar-refractivity contribution is 0.175. The number of aliphatic hydroxyl groups is 1. The van der Waals surface area contributed by atoms with E-state index >= 15 is 0 Å². The van der Waals surface area contributed by atoms with Crippen molar-refractivity contribution in [2.75, 3.05) is 0 Å². The minimum absolute atomic E-state index is 0.0949. The Morgan fingerprint density at radius 1 is 0.900 bits per heavy atom. The SMILES string of the molecule is OC(Cc1cc(F)cc(F)c1)Cc1cc(F)ccc1Br. The van der Waals surface area contributed by atoms with E-state index in [1.54, 1.807) is 6.07 Å². The summed E-state index contributed by atoms with van der Waals surface area (Å²) in [6.45, 7) is 0. The Kier molecular flexibility index (Phi) is 4.83. The molecule has 0 heterocycles. The second kappa shape index (κ2) is 6.41. The third kappa shape index (κ3) is 4.08. The minimum atomic E-state index is -0.853. The van der Waals surface area contributed by atoms with Crippen LogP contribution in [0.4, 0.5) is 13.2 Å². The molecule has 106 valence electrons. The van der Waals surface area contributed by atoms with Gasteiger partial charge in [-0.25, -0.2) is 13.2 Å². The van der Waals surface area contributed by atoms with Gasteiger partial charge in [-0.3, -0.25) is 0 Å². The van der Waals surface area contributed by atoms with Crippen molar-refractivity contribution in [1.82, 2.24) is 0 Å². The molecule has 2 rings (SSSR count). The molecule has 0 amide bonds. The van der Waals surface area contributed by atoms with Gasteiger partial charge in [-0.15, -0.1) is 0 Å². The lowest BCUT2D eigenvalue weighted by Crippen LogP contribution is -2.14. The van der Waals surface area contributed by atoms with E-state index in [9.17, 15) is 18.3 Å². The van der Waals surface area contributed by atoms with Crippen LogP contribution in [-0.4, -0.2) is 11.2 Å². The summed E-state index contributed by atoms with van der Waals surface area (Å²) in [6, 6.07) is 7.31. The highest BCUT2D eigenvalue weighted by molar-refractivity contribution is 9.10. The van der Waals surface area contributed by atoms with Crippen molar-refractivity contribution in [1.29, 1.82) is 0 Å². The van der Waals surface area contributed by atoms with E-state index < -0.39 is 23.6 Å². The highest BCUT2D eigenvalue weighted by atomic mass is 79.9. The largest absolute Gasteiger partial charge is 0.392 e. The average molecular weight is 345 g/mol. The second-order valence-electron chi connectivity index (χ2n) is 4.58. The molecule has 0 saturated heterocycles. The monoisotopic (exact) mass is 344 g/mol. The normalized spacial score (nSPS) is 12.4. The first-order valence-corrected chi connectivity index (χ1v) is 6.80. The molecule has 0 spiro atoms. The van der Waals surface area contributed by atoms with E-state index in [0.717, 1.165) is 6.07 Å². The summed E-state index contributed by atoms with van der Waals surface area (Å²) < 4.78 is 39.9. The highest BCUT2D eigenvalue weighted by Gasteiger charge is 2.11. The van der Waals surface area contributed by atoms with Crippen molar-refractivity contribution in [3.63, 3.8) is 0 Å². The van der Waals surface area contributed by atoms with Gasteiger partial charge in [-0.1, -0.05) is 15.9 Å². The fourth-order valence-corrected chi connectivity index (χ4v) is 2.44. The van der Waals surface area contributed by atoms with E-state index in [-0.39, 0.29) is 12.8 Å². The predicted octanol–water partition coefficient (Wildman–Crippen LogP) is 4.01. The Hall–Kier alpha value is -1.33. The van der Waals surface area contributed by atoms with Crippen molar-refractivity contribution in [3.8, 4) is 0 Å². The summed E-state index contributed by atoms with van der Waals surface area (Å²) in [6.07, 6.45) is -0.567. The molecule has 1 N–H and O–H groups in total. The Bertz CT molecular complexity index is 596. The molecule has 20 heavy (non-hydrogen) atoms. The van der Waals surface area contributed by atoms with Crippen molar-refractivity contribution in [2.45, 2.75) is 18.9 Å². The zero-order valence-corrected chi connectivity index (χ0v) is 12.0. The van der Waals surface area contributed by atoms with Crippen LogP contribution < -0.4 is 0 Å². The molecule has 0 aliphatic rings. The molecule has 0 fully saturated rings. The molecule has 1 unspecified atom stereocenters. The molecule has 0 bridgehead atoms. The molecule has 0 aliphatic carbocycles. The molecular weight excluding hydrogens is 333 g/mol. The predicted molar refractivity (Wildman–Crippen MR) is 73.9 cm³/mol. The summed E-state index contributed by atoms with van der Waals surface area (Å²) in [7, 11) is 0. The smallest absolute Gasteiger partial charge is 0.126 e. The lowest BCUT2D eigenvalue weighted by Gasteiger charge is -2.12. The van der Waals surface area contributed by atoms with Gasteiger partial charge in [0.05, 0.1) is 6.10 Å². The van der Waals surface area contributed by atoms with Gasteiger partial charge in [-0.2, -0.15) is 0 Å². The number of benzene rings is 2. The molecule has 1 atom stereocenters. The second-order valence-corrected chi connectivity index (χ2v) is 5.43. The van der Waals surface area contributed by atoms with Gasteiger partial charge in [0.25, 0.3) is 0 Å². The van der Waals surface area contributed by atoms with E-state index in [2.05, 4.69) is 15.9 Å². The van der Waals surface area contributed by atoms with Crippen LogP contribution in [0.15, 0.2) is 40.9 Å². The van der Waals surface area contributed by atoms with Crippen LogP contribution in [0.25, 0.3) is 0 Å². The van der Waals surface area contributed by atoms with E-state index in [1.807, 2.05) is 0 Å². The quantitative estimate of drug-likeness (QED) is 0.888. The summed E-state index contributed by atoms with van der Waals surface area (Å²) in [4.78, 5) is 0. The maximum absolute atomic E-state index is 13.1. The van der Waals surface area contributed by atoms with E-state index in [4.69, 9.17) is 0 Å². The Morgan fingerprint density at radius 3 is 2.20 bits per heavy atom. The first-order chi connectivity index (χ1) is 9.44. The molecule has 0 aliphatic heterocycles. The van der Waals surface area contributed by atoms with E-state index in [1.165, 1.54) is 24.3 Å². The zero-order valence-electron chi connectivity index (χ0n) is 10.4. The molecule has 1 nitrogen and oxygen atoms in total. The van der Waals surface area contributed by atoms with Gasteiger partial charge >= 0.3 is 0 Å². The van der Waals surface area contributed by atoms with Crippen LogP contribution >= 0.6 is 15.9 Å². The highest BCUT2D eigenvalue weighted by Crippen LogP contribution is 2.20. The van der Waals surface area contributed by atoms with Crippen LogP contribution in [0.3, 0.4) is 0 Å². The fraction of sp³-hybridized carbons (Fsp3) is 0.200. The minimum Gasteiger partial charge on any atom is -0.392 e. The van der Waals surface area contributed by atoms with Gasteiger partial charge in [0.1, 0.15) is 17.5 Å². The number of aliphatic hydroxyl groups excluding tert-OH is 1. The van der Waals surface area contributed by atoms with Crippen LogP contribution in [-0.2, 0) is 12.8 Å². The molecule has 2 aromatic carbocycles. The molecule has 0 aromatic heterocycles. The van der Waals surface area contributed by atoms with Crippen LogP contribution in [0.2, 0.25) is 0 Å². The number of hydrogen-bond acceptors (Lipinski definition) is 1. The third-order valence-electron chi connectivity index (χ3n) is 2.86. The van der Waals surface area contributed by atoms with Gasteiger partial charge in [0.2, 0.25) is 0 Å².